The second-order valence-corrected chi connectivity index (χ2v) is 6.75. The monoisotopic (exact) mass is 324 g/mol. The average Bonchev–Trinajstić information content (AvgIpc) is 2.55. The van der Waals surface area contributed by atoms with E-state index in [2.05, 4.69) is 26.6 Å². The molecule has 0 saturated carbocycles. The summed E-state index contributed by atoms with van der Waals surface area (Å²) in [6.07, 6.45) is 9.67. The number of allylic oxidation sites excluding steroid dienone is 1. The van der Waals surface area contributed by atoms with Crippen LogP contribution in [-0.2, 0) is 0 Å². The zero-order valence-electron chi connectivity index (χ0n) is 13.5. The molecule has 0 aromatic carbocycles. The molecule has 0 aromatic heterocycles. The van der Waals surface area contributed by atoms with E-state index in [0.717, 1.165) is 32.4 Å². The minimum absolute atomic E-state index is 0.175. The van der Waals surface area contributed by atoms with Crippen LogP contribution in [0.15, 0.2) is 24.0 Å². The number of nitrogens with two attached hydrogens (primary N) is 1. The van der Waals surface area contributed by atoms with Crippen molar-refractivity contribution in [2.24, 2.45) is 5.73 Å². The standard InChI is InChI=1S/C16H29FN6/c17-12-3-1-11(2-4-12)9-21-14-7-13(18)8-15(22-14)23-16-10-19-5-6-20-16/h1,5-6,12-16,19-23H,2-4,7-10,18H2/t12-,13-,14?,15?,16+/m1/s1. The van der Waals surface area contributed by atoms with Crippen LogP contribution in [0.4, 0.5) is 4.39 Å². The van der Waals surface area contributed by atoms with Crippen molar-refractivity contribution in [2.75, 3.05) is 13.1 Å². The summed E-state index contributed by atoms with van der Waals surface area (Å²) in [4.78, 5) is 0. The Balaban J connectivity index is 1.44. The molecule has 1 fully saturated rings. The lowest BCUT2D eigenvalue weighted by molar-refractivity contribution is 0.210. The van der Waals surface area contributed by atoms with Gasteiger partial charge in [0, 0.05) is 31.5 Å². The first-order valence-corrected chi connectivity index (χ1v) is 8.66. The molecule has 7 N–H and O–H groups in total. The van der Waals surface area contributed by atoms with Crippen molar-refractivity contribution in [3.05, 3.63) is 24.0 Å². The normalized spacial score (nSPS) is 37.7. The van der Waals surface area contributed by atoms with E-state index in [9.17, 15) is 4.39 Å². The predicted octanol–water partition coefficient (Wildman–Crippen LogP) is -0.0330. The van der Waals surface area contributed by atoms with Crippen LogP contribution in [0.1, 0.15) is 32.1 Å². The molecule has 1 saturated heterocycles. The second-order valence-electron chi connectivity index (χ2n) is 6.75. The van der Waals surface area contributed by atoms with Gasteiger partial charge >= 0.3 is 0 Å². The molecule has 6 nitrogen and oxygen atoms in total. The van der Waals surface area contributed by atoms with Gasteiger partial charge in [-0.2, -0.15) is 0 Å². The molecule has 2 aliphatic heterocycles. The quantitative estimate of drug-likeness (QED) is 0.398. The van der Waals surface area contributed by atoms with Gasteiger partial charge in [-0.3, -0.25) is 16.0 Å². The molecule has 3 rings (SSSR count). The minimum Gasteiger partial charge on any atom is -0.386 e. The number of halogens is 1. The van der Waals surface area contributed by atoms with Crippen molar-refractivity contribution in [3.63, 3.8) is 0 Å². The maximum Gasteiger partial charge on any atom is 0.104 e. The third kappa shape index (κ3) is 5.17. The highest BCUT2D eigenvalue weighted by Gasteiger charge is 2.27. The molecular formula is C16H29FN6. The first kappa shape index (κ1) is 16.7. The predicted molar refractivity (Wildman–Crippen MR) is 90.0 cm³/mol. The Kier molecular flexibility index (Phi) is 5.88. The smallest absolute Gasteiger partial charge is 0.104 e. The molecule has 0 amide bonds. The summed E-state index contributed by atoms with van der Waals surface area (Å²) in [6, 6.07) is 0.175. The molecule has 23 heavy (non-hydrogen) atoms. The number of hydrogen-bond acceptors (Lipinski definition) is 6. The van der Waals surface area contributed by atoms with E-state index in [0.29, 0.717) is 12.8 Å². The topological polar surface area (TPSA) is 86.2 Å². The average molecular weight is 324 g/mol. The van der Waals surface area contributed by atoms with Crippen molar-refractivity contribution in [1.82, 2.24) is 26.6 Å². The van der Waals surface area contributed by atoms with Crippen molar-refractivity contribution in [1.29, 1.82) is 0 Å². The molecule has 0 bridgehead atoms. The summed E-state index contributed by atoms with van der Waals surface area (Å²) in [5.74, 6) is 0. The number of rotatable bonds is 5. The molecule has 1 aliphatic carbocycles. The van der Waals surface area contributed by atoms with Gasteiger partial charge in [0.25, 0.3) is 0 Å². The SMILES string of the molecule is N[C@@H]1CC(NCC2=CC[C@@H](F)CC2)NC(N[C@H]2CNC=CN2)C1. The van der Waals surface area contributed by atoms with E-state index in [1.165, 1.54) is 5.57 Å². The molecule has 7 heteroatoms. The van der Waals surface area contributed by atoms with Crippen molar-refractivity contribution >= 4 is 0 Å². The summed E-state index contributed by atoms with van der Waals surface area (Å²) in [5, 5.41) is 17.1. The maximum atomic E-state index is 13.2. The first-order valence-electron chi connectivity index (χ1n) is 8.66. The lowest BCUT2D eigenvalue weighted by Crippen LogP contribution is -2.64. The molecule has 0 radical (unpaired) electrons. The Labute approximate surface area is 137 Å². The van der Waals surface area contributed by atoms with Crippen LogP contribution in [0.25, 0.3) is 0 Å². The largest absolute Gasteiger partial charge is 0.386 e. The Bertz CT molecular complexity index is 440. The zero-order chi connectivity index (χ0) is 16.1. The highest BCUT2D eigenvalue weighted by molar-refractivity contribution is 5.09. The van der Waals surface area contributed by atoms with Crippen LogP contribution < -0.4 is 32.3 Å². The Morgan fingerprint density at radius 3 is 2.83 bits per heavy atom. The van der Waals surface area contributed by atoms with Crippen molar-refractivity contribution in [2.45, 2.75) is 62.8 Å². The summed E-state index contributed by atoms with van der Waals surface area (Å²) >= 11 is 0. The van der Waals surface area contributed by atoms with E-state index < -0.39 is 6.17 Å². The van der Waals surface area contributed by atoms with Gasteiger partial charge in [-0.1, -0.05) is 11.6 Å². The molecule has 5 atom stereocenters. The van der Waals surface area contributed by atoms with Crippen molar-refractivity contribution < 1.29 is 4.39 Å². The highest BCUT2D eigenvalue weighted by Crippen LogP contribution is 2.20. The van der Waals surface area contributed by atoms with Crippen LogP contribution in [0, 0.1) is 0 Å². The Hall–Kier alpha value is -1.15. The fourth-order valence-electron chi connectivity index (χ4n) is 3.43. The maximum absolute atomic E-state index is 13.2. The lowest BCUT2D eigenvalue weighted by Gasteiger charge is -2.38. The van der Waals surface area contributed by atoms with E-state index in [1.54, 1.807) is 0 Å². The van der Waals surface area contributed by atoms with Crippen LogP contribution in [-0.4, -0.2) is 43.8 Å². The Morgan fingerprint density at radius 2 is 2.09 bits per heavy atom. The van der Waals surface area contributed by atoms with E-state index in [4.69, 9.17) is 5.73 Å². The third-order valence-electron chi connectivity index (χ3n) is 4.72. The van der Waals surface area contributed by atoms with Crippen LogP contribution in [0.3, 0.4) is 0 Å². The van der Waals surface area contributed by atoms with Gasteiger partial charge in [0.2, 0.25) is 0 Å². The number of nitrogens with one attached hydrogen (secondary N) is 5. The third-order valence-corrected chi connectivity index (χ3v) is 4.72. The van der Waals surface area contributed by atoms with Crippen LogP contribution in [0.5, 0.6) is 0 Å². The molecule has 2 unspecified atom stereocenters. The van der Waals surface area contributed by atoms with E-state index in [1.807, 2.05) is 18.5 Å². The molecule has 0 spiro atoms. The number of alkyl halides is 1. The van der Waals surface area contributed by atoms with Gasteiger partial charge in [0.1, 0.15) is 6.17 Å². The summed E-state index contributed by atoms with van der Waals surface area (Å²) in [6.45, 7) is 1.66. The van der Waals surface area contributed by atoms with Gasteiger partial charge < -0.3 is 16.4 Å². The first-order chi connectivity index (χ1) is 11.2. The number of piperidine rings is 1. The molecule has 2 heterocycles. The lowest BCUT2D eigenvalue weighted by atomic mass is 9.97. The van der Waals surface area contributed by atoms with E-state index >= 15 is 0 Å². The van der Waals surface area contributed by atoms with Gasteiger partial charge in [-0.05, 0) is 32.1 Å². The van der Waals surface area contributed by atoms with Crippen LogP contribution in [0.2, 0.25) is 0 Å². The van der Waals surface area contributed by atoms with E-state index in [-0.39, 0.29) is 24.5 Å². The molecular weight excluding hydrogens is 295 g/mol. The fourth-order valence-corrected chi connectivity index (χ4v) is 3.43. The minimum atomic E-state index is -0.654. The second kappa shape index (κ2) is 8.10. The highest BCUT2D eigenvalue weighted by atomic mass is 19.1. The molecule has 0 aromatic rings. The van der Waals surface area contributed by atoms with Gasteiger partial charge in [-0.15, -0.1) is 0 Å². The fraction of sp³-hybridized carbons (Fsp3) is 0.750. The van der Waals surface area contributed by atoms with Gasteiger partial charge in [0.05, 0.1) is 18.5 Å². The molecule has 130 valence electrons. The summed E-state index contributed by atoms with van der Waals surface area (Å²) in [5.41, 5.74) is 7.53. The Morgan fingerprint density at radius 1 is 1.22 bits per heavy atom. The van der Waals surface area contributed by atoms with Crippen molar-refractivity contribution in [3.8, 4) is 0 Å². The summed E-state index contributed by atoms with van der Waals surface area (Å²) < 4.78 is 13.2. The van der Waals surface area contributed by atoms with Crippen LogP contribution >= 0.6 is 0 Å². The van der Waals surface area contributed by atoms with Gasteiger partial charge in [-0.25, -0.2) is 4.39 Å². The van der Waals surface area contributed by atoms with Gasteiger partial charge in [0.15, 0.2) is 0 Å². The zero-order valence-corrected chi connectivity index (χ0v) is 13.5. The number of hydrogen-bond donors (Lipinski definition) is 6. The molecule has 3 aliphatic rings. The summed E-state index contributed by atoms with van der Waals surface area (Å²) in [7, 11) is 0.